The number of aryl methyl sites for hydroxylation is 1. The van der Waals surface area contributed by atoms with Crippen LogP contribution >= 0.6 is 0 Å². The molecule has 0 unspecified atom stereocenters. The van der Waals surface area contributed by atoms with Crippen LogP contribution < -0.4 is 9.47 Å². The van der Waals surface area contributed by atoms with Crippen molar-refractivity contribution in [3.8, 4) is 11.5 Å². The molecule has 7 heteroatoms. The number of hydrogen-bond acceptors (Lipinski definition) is 7. The molecular formula is C21H33NO6. The topological polar surface area (TPSA) is 74.3 Å². The monoisotopic (exact) mass is 395 g/mol. The van der Waals surface area contributed by atoms with E-state index in [1.807, 2.05) is 20.0 Å². The molecule has 0 bridgehead atoms. The van der Waals surface area contributed by atoms with Crippen LogP contribution in [0.3, 0.4) is 0 Å². The third-order valence-corrected chi connectivity index (χ3v) is 4.18. The average Bonchev–Trinajstić information content (AvgIpc) is 2.62. The lowest BCUT2D eigenvalue weighted by Crippen LogP contribution is -2.23. The van der Waals surface area contributed by atoms with Crippen LogP contribution in [0.1, 0.15) is 44.2 Å². The largest absolute Gasteiger partial charge is 0.493 e. The minimum Gasteiger partial charge on any atom is -0.493 e. The quantitative estimate of drug-likeness (QED) is 0.220. The highest BCUT2D eigenvalue weighted by atomic mass is 16.6. The Balaban J connectivity index is 2.36. The summed E-state index contributed by atoms with van der Waals surface area (Å²) in [5.74, 6) is 0.478. The summed E-state index contributed by atoms with van der Waals surface area (Å²) in [4.78, 5) is 24.1. The molecular weight excluding hydrogens is 362 g/mol. The summed E-state index contributed by atoms with van der Waals surface area (Å²) < 4.78 is 21.3. The van der Waals surface area contributed by atoms with Crippen molar-refractivity contribution < 1.29 is 28.5 Å². The van der Waals surface area contributed by atoms with Gasteiger partial charge in [0.25, 0.3) is 0 Å². The standard InChI is InChI=1S/C21H33NO6/c1-16-10-11-20(28-18(3)24)21(25-5)19(16)9-8-12-22(4)15-26-13-6-7-14-27-17(2)23/h10-11H,6-9,12-15H2,1-5H3. The van der Waals surface area contributed by atoms with Gasteiger partial charge in [0, 0.05) is 32.6 Å². The van der Waals surface area contributed by atoms with E-state index in [2.05, 4.69) is 4.90 Å². The molecule has 158 valence electrons. The molecule has 7 nitrogen and oxygen atoms in total. The van der Waals surface area contributed by atoms with Gasteiger partial charge in [-0.15, -0.1) is 0 Å². The first-order chi connectivity index (χ1) is 13.3. The average molecular weight is 395 g/mol. The fraction of sp³-hybridized carbons (Fsp3) is 0.619. The predicted molar refractivity (Wildman–Crippen MR) is 107 cm³/mol. The molecule has 1 aromatic rings. The highest BCUT2D eigenvalue weighted by Crippen LogP contribution is 2.34. The molecule has 0 radical (unpaired) electrons. The normalized spacial score (nSPS) is 10.8. The molecule has 0 atom stereocenters. The number of nitrogens with zero attached hydrogens (tertiary/aromatic N) is 1. The molecule has 28 heavy (non-hydrogen) atoms. The summed E-state index contributed by atoms with van der Waals surface area (Å²) in [5, 5.41) is 0. The van der Waals surface area contributed by atoms with E-state index in [1.165, 1.54) is 13.8 Å². The third kappa shape index (κ3) is 9.19. The van der Waals surface area contributed by atoms with Crippen LogP contribution in [-0.2, 0) is 25.5 Å². The molecule has 0 saturated carbocycles. The van der Waals surface area contributed by atoms with Crippen molar-refractivity contribution in [1.29, 1.82) is 0 Å². The van der Waals surface area contributed by atoms with Crippen molar-refractivity contribution in [2.24, 2.45) is 0 Å². The van der Waals surface area contributed by atoms with Gasteiger partial charge >= 0.3 is 11.9 Å². The first kappa shape index (κ1) is 23.9. The fourth-order valence-electron chi connectivity index (χ4n) is 2.81. The zero-order chi connectivity index (χ0) is 20.9. The molecule has 0 amide bonds. The number of ether oxygens (including phenoxy) is 4. The number of unbranched alkanes of at least 4 members (excludes halogenated alkanes) is 1. The Morgan fingerprint density at radius 2 is 1.75 bits per heavy atom. The number of hydrogen-bond donors (Lipinski definition) is 0. The number of carbonyl (C=O) groups excluding carboxylic acids is 2. The molecule has 0 aliphatic heterocycles. The highest BCUT2D eigenvalue weighted by Gasteiger charge is 2.14. The van der Waals surface area contributed by atoms with Gasteiger partial charge in [-0.25, -0.2) is 0 Å². The van der Waals surface area contributed by atoms with Crippen LogP contribution in [0, 0.1) is 6.92 Å². The second-order valence-corrected chi connectivity index (χ2v) is 6.75. The second kappa shape index (κ2) is 13.1. The molecule has 1 rings (SSSR count). The van der Waals surface area contributed by atoms with E-state index < -0.39 is 0 Å². The summed E-state index contributed by atoms with van der Waals surface area (Å²) in [5.41, 5.74) is 2.17. The lowest BCUT2D eigenvalue weighted by atomic mass is 10.0. The number of esters is 2. The Bertz CT molecular complexity index is 632. The van der Waals surface area contributed by atoms with E-state index >= 15 is 0 Å². The van der Waals surface area contributed by atoms with Crippen molar-refractivity contribution in [1.82, 2.24) is 4.90 Å². The van der Waals surface area contributed by atoms with Crippen molar-refractivity contribution in [3.05, 3.63) is 23.3 Å². The number of rotatable bonds is 13. The second-order valence-electron chi connectivity index (χ2n) is 6.75. The van der Waals surface area contributed by atoms with Gasteiger partial charge in [-0.1, -0.05) is 6.07 Å². The first-order valence-electron chi connectivity index (χ1n) is 9.59. The van der Waals surface area contributed by atoms with Gasteiger partial charge in [-0.05, 0) is 51.3 Å². The van der Waals surface area contributed by atoms with Gasteiger partial charge < -0.3 is 18.9 Å². The van der Waals surface area contributed by atoms with E-state index in [0.29, 0.717) is 31.4 Å². The van der Waals surface area contributed by atoms with Crippen LogP contribution in [0.15, 0.2) is 12.1 Å². The van der Waals surface area contributed by atoms with Crippen LogP contribution in [-0.4, -0.2) is 57.5 Å². The fourth-order valence-corrected chi connectivity index (χ4v) is 2.81. The Morgan fingerprint density at radius 1 is 1.04 bits per heavy atom. The Labute approximate surface area is 167 Å². The van der Waals surface area contributed by atoms with E-state index in [4.69, 9.17) is 18.9 Å². The maximum Gasteiger partial charge on any atom is 0.308 e. The summed E-state index contributed by atoms with van der Waals surface area (Å²) in [6, 6.07) is 3.71. The third-order valence-electron chi connectivity index (χ3n) is 4.18. The molecule has 0 aromatic heterocycles. The predicted octanol–water partition coefficient (Wildman–Crippen LogP) is 3.11. The maximum atomic E-state index is 11.3. The van der Waals surface area contributed by atoms with Crippen LogP contribution in [0.2, 0.25) is 0 Å². The van der Waals surface area contributed by atoms with Crippen molar-refractivity contribution in [3.63, 3.8) is 0 Å². The van der Waals surface area contributed by atoms with Crippen molar-refractivity contribution in [2.45, 2.75) is 46.5 Å². The molecule has 0 N–H and O–H groups in total. The minimum absolute atomic E-state index is 0.245. The zero-order valence-electron chi connectivity index (χ0n) is 17.7. The zero-order valence-corrected chi connectivity index (χ0v) is 17.7. The van der Waals surface area contributed by atoms with Gasteiger partial charge in [-0.2, -0.15) is 0 Å². The Kier molecular flexibility index (Phi) is 11.2. The van der Waals surface area contributed by atoms with Gasteiger partial charge in [0.2, 0.25) is 0 Å². The van der Waals surface area contributed by atoms with E-state index in [0.717, 1.165) is 43.4 Å². The van der Waals surface area contributed by atoms with Gasteiger partial charge in [-0.3, -0.25) is 14.5 Å². The van der Waals surface area contributed by atoms with Crippen molar-refractivity contribution >= 4 is 11.9 Å². The molecule has 0 aliphatic carbocycles. The summed E-state index contributed by atoms with van der Waals surface area (Å²) in [7, 11) is 3.60. The van der Waals surface area contributed by atoms with E-state index in [1.54, 1.807) is 13.2 Å². The van der Waals surface area contributed by atoms with E-state index in [9.17, 15) is 9.59 Å². The number of carbonyl (C=O) groups is 2. The highest BCUT2D eigenvalue weighted by molar-refractivity contribution is 5.71. The van der Waals surface area contributed by atoms with E-state index in [-0.39, 0.29) is 11.9 Å². The first-order valence-corrected chi connectivity index (χ1v) is 9.59. The molecule has 0 fully saturated rings. The molecule has 0 heterocycles. The van der Waals surface area contributed by atoms with Gasteiger partial charge in [0.05, 0.1) is 20.4 Å². The Hall–Kier alpha value is -2.12. The Morgan fingerprint density at radius 3 is 2.39 bits per heavy atom. The lowest BCUT2D eigenvalue weighted by molar-refractivity contribution is -0.141. The summed E-state index contributed by atoms with van der Waals surface area (Å²) >= 11 is 0. The van der Waals surface area contributed by atoms with Crippen molar-refractivity contribution in [2.75, 3.05) is 40.6 Å². The SMILES string of the molecule is COc1c(OC(C)=O)ccc(C)c1CCCN(C)COCCCCOC(C)=O. The minimum atomic E-state index is -0.363. The smallest absolute Gasteiger partial charge is 0.308 e. The number of methoxy groups -OCH3 is 1. The van der Waals surface area contributed by atoms with Crippen LogP contribution in [0.5, 0.6) is 11.5 Å². The molecule has 0 saturated heterocycles. The van der Waals surface area contributed by atoms with Crippen LogP contribution in [0.25, 0.3) is 0 Å². The molecule has 0 spiro atoms. The molecule has 0 aliphatic rings. The van der Waals surface area contributed by atoms with Gasteiger partial charge in [0.15, 0.2) is 11.5 Å². The number of benzene rings is 1. The van der Waals surface area contributed by atoms with Gasteiger partial charge in [0.1, 0.15) is 0 Å². The van der Waals surface area contributed by atoms with Crippen LogP contribution in [0.4, 0.5) is 0 Å². The summed E-state index contributed by atoms with van der Waals surface area (Å²) in [6.45, 7) is 7.33. The lowest BCUT2D eigenvalue weighted by Gasteiger charge is -2.19. The maximum absolute atomic E-state index is 11.3. The molecule has 1 aromatic carbocycles. The summed E-state index contributed by atoms with van der Waals surface area (Å²) in [6.07, 6.45) is 3.41.